The van der Waals surface area contributed by atoms with Crippen molar-refractivity contribution in [3.05, 3.63) is 0 Å². The maximum atomic E-state index is 13.9. The van der Waals surface area contributed by atoms with Crippen molar-refractivity contribution >= 4 is 23.5 Å². The normalized spacial score (nSPS) is 38.4. The summed E-state index contributed by atoms with van der Waals surface area (Å²) in [5.41, 5.74) is 12.1. The third-order valence-electron chi connectivity index (χ3n) is 10.2. The maximum Gasteiger partial charge on any atom is 0.246 e. The summed E-state index contributed by atoms with van der Waals surface area (Å²) in [5.74, 6) is -0.534. The lowest BCUT2D eigenvalue weighted by atomic mass is 9.47. The lowest BCUT2D eigenvalue weighted by Crippen LogP contribution is -2.67. The van der Waals surface area contributed by atoms with E-state index >= 15 is 0 Å². The van der Waals surface area contributed by atoms with Gasteiger partial charge in [0.2, 0.25) is 17.7 Å². The molecule has 4 bridgehead atoms. The number of nitrogens with two attached hydrogens (primary N) is 2. The number of hydrogen-bond acceptors (Lipinski definition) is 8. The van der Waals surface area contributed by atoms with Gasteiger partial charge in [-0.25, -0.2) is 0 Å². The van der Waals surface area contributed by atoms with Crippen LogP contribution in [0.2, 0.25) is 0 Å². The Kier molecular flexibility index (Phi) is 7.82. The fourth-order valence-electron chi connectivity index (χ4n) is 8.67. The molecular weight excluding hydrogens is 502 g/mol. The Bertz CT molecular complexity index is 989. The SMILES string of the molecule is C[C@@H](O)[C@H](N)C(=O)N1CCC[C@H]1C(=O)N1CCC[C@H]1C(=O)N[C@H](C(=O)C1C2CC3CC(C2)CC1(N)C3)[C@@H](C)O. The number of Topliss-reactive ketones (excluding diaryl/α,β-unsaturated/α-hetero) is 1. The number of nitrogens with one attached hydrogen (secondary N) is 1. The molecule has 2 saturated heterocycles. The summed E-state index contributed by atoms with van der Waals surface area (Å²) in [5, 5.41) is 23.2. The van der Waals surface area contributed by atoms with Gasteiger partial charge in [0.05, 0.1) is 12.2 Å². The molecule has 0 aromatic rings. The van der Waals surface area contributed by atoms with Crippen LogP contribution < -0.4 is 16.8 Å². The van der Waals surface area contributed by atoms with E-state index in [2.05, 4.69) is 5.32 Å². The van der Waals surface area contributed by atoms with E-state index in [0.717, 1.165) is 25.7 Å². The number of ketones is 1. The van der Waals surface area contributed by atoms with E-state index < -0.39 is 53.7 Å². The second-order valence-electron chi connectivity index (χ2n) is 13.1. The number of rotatable bonds is 8. The molecule has 9 atom stereocenters. The Morgan fingerprint density at radius 2 is 1.49 bits per heavy atom. The topological polar surface area (TPSA) is 179 Å². The molecule has 0 spiro atoms. The molecule has 0 radical (unpaired) electrons. The van der Waals surface area contributed by atoms with Gasteiger partial charge in [-0.15, -0.1) is 0 Å². The summed E-state index contributed by atoms with van der Waals surface area (Å²) < 4.78 is 0. The molecule has 7 N–H and O–H groups in total. The zero-order chi connectivity index (χ0) is 28.2. The van der Waals surface area contributed by atoms with Gasteiger partial charge in [0, 0.05) is 24.5 Å². The van der Waals surface area contributed by atoms with Crippen molar-refractivity contribution < 1.29 is 29.4 Å². The molecule has 6 aliphatic rings. The fraction of sp³-hybridized carbons (Fsp3) is 0.857. The Morgan fingerprint density at radius 1 is 0.897 bits per heavy atom. The van der Waals surface area contributed by atoms with E-state index in [4.69, 9.17) is 11.5 Å². The van der Waals surface area contributed by atoms with Crippen molar-refractivity contribution in [3.8, 4) is 0 Å². The number of carbonyl (C=O) groups excluding carboxylic acids is 4. The van der Waals surface area contributed by atoms with Crippen LogP contribution in [0.1, 0.15) is 71.6 Å². The van der Waals surface area contributed by atoms with Crippen LogP contribution in [0.3, 0.4) is 0 Å². The monoisotopic (exact) mass is 547 g/mol. The predicted octanol–water partition coefficient (Wildman–Crippen LogP) is -0.735. The van der Waals surface area contributed by atoms with Gasteiger partial charge in [-0.05, 0) is 89.4 Å². The van der Waals surface area contributed by atoms with E-state index in [1.54, 1.807) is 0 Å². The van der Waals surface area contributed by atoms with Gasteiger partial charge in [0.1, 0.15) is 24.2 Å². The van der Waals surface area contributed by atoms with Crippen LogP contribution in [0.5, 0.6) is 0 Å². The number of nitrogens with zero attached hydrogens (tertiary/aromatic N) is 2. The van der Waals surface area contributed by atoms with Gasteiger partial charge in [-0.2, -0.15) is 0 Å². The molecule has 39 heavy (non-hydrogen) atoms. The molecule has 6 rings (SSSR count). The van der Waals surface area contributed by atoms with Gasteiger partial charge in [0.25, 0.3) is 0 Å². The van der Waals surface area contributed by atoms with E-state index in [1.807, 2.05) is 0 Å². The summed E-state index contributed by atoms with van der Waals surface area (Å²) in [4.78, 5) is 56.8. The fourth-order valence-corrected chi connectivity index (χ4v) is 8.67. The largest absolute Gasteiger partial charge is 0.391 e. The van der Waals surface area contributed by atoms with E-state index in [0.29, 0.717) is 50.6 Å². The quantitative estimate of drug-likeness (QED) is 0.264. The smallest absolute Gasteiger partial charge is 0.246 e. The number of likely N-dealkylation sites (tertiary alicyclic amines) is 2. The van der Waals surface area contributed by atoms with Gasteiger partial charge in [-0.3, -0.25) is 19.2 Å². The first-order chi connectivity index (χ1) is 18.4. The number of aliphatic hydroxyl groups is 2. The Labute approximate surface area is 230 Å². The van der Waals surface area contributed by atoms with Crippen molar-refractivity contribution in [2.75, 3.05) is 13.1 Å². The summed E-state index contributed by atoms with van der Waals surface area (Å²) >= 11 is 0. The molecule has 6 fully saturated rings. The Balaban J connectivity index is 1.28. The number of amides is 3. The second kappa shape index (κ2) is 10.7. The highest BCUT2D eigenvalue weighted by atomic mass is 16.3. The molecule has 0 aromatic heterocycles. The first-order valence-corrected chi connectivity index (χ1v) is 14.8. The molecule has 2 aliphatic heterocycles. The molecule has 11 nitrogen and oxygen atoms in total. The van der Waals surface area contributed by atoms with Crippen LogP contribution in [0.4, 0.5) is 0 Å². The molecular formula is C28H45N5O6. The second-order valence-corrected chi connectivity index (χ2v) is 13.1. The van der Waals surface area contributed by atoms with Crippen LogP contribution in [0.15, 0.2) is 0 Å². The minimum Gasteiger partial charge on any atom is -0.391 e. The van der Waals surface area contributed by atoms with Crippen LogP contribution in [0.25, 0.3) is 0 Å². The third kappa shape index (κ3) is 5.11. The van der Waals surface area contributed by atoms with E-state index in [9.17, 15) is 29.4 Å². The van der Waals surface area contributed by atoms with Crippen molar-refractivity contribution in [3.63, 3.8) is 0 Å². The van der Waals surface area contributed by atoms with Gasteiger partial charge >= 0.3 is 0 Å². The Hall–Kier alpha value is -2.08. The lowest BCUT2D eigenvalue weighted by molar-refractivity contribution is -0.149. The molecule has 11 heteroatoms. The molecule has 4 saturated carbocycles. The van der Waals surface area contributed by atoms with Crippen molar-refractivity contribution in [2.45, 2.75) is 114 Å². The van der Waals surface area contributed by atoms with Crippen LogP contribution in [0, 0.1) is 23.7 Å². The summed E-state index contributed by atoms with van der Waals surface area (Å²) in [7, 11) is 0. The third-order valence-corrected chi connectivity index (χ3v) is 10.2. The summed E-state index contributed by atoms with van der Waals surface area (Å²) in [6.07, 6.45) is 4.77. The first kappa shape index (κ1) is 28.4. The zero-order valence-corrected chi connectivity index (χ0v) is 23.1. The number of carbonyl (C=O) groups is 4. The molecule has 218 valence electrons. The molecule has 4 aliphatic carbocycles. The minimum absolute atomic E-state index is 0.190. The van der Waals surface area contributed by atoms with Crippen LogP contribution in [-0.4, -0.2) is 98.5 Å². The van der Waals surface area contributed by atoms with Crippen molar-refractivity contribution in [1.29, 1.82) is 0 Å². The minimum atomic E-state index is -1.12. The predicted molar refractivity (Wildman–Crippen MR) is 142 cm³/mol. The molecule has 2 heterocycles. The molecule has 3 unspecified atom stereocenters. The highest BCUT2D eigenvalue weighted by Gasteiger charge is 2.59. The zero-order valence-electron chi connectivity index (χ0n) is 23.1. The number of aliphatic hydroxyl groups excluding tert-OH is 2. The van der Waals surface area contributed by atoms with Crippen LogP contribution >= 0.6 is 0 Å². The van der Waals surface area contributed by atoms with Crippen LogP contribution in [-0.2, 0) is 19.2 Å². The van der Waals surface area contributed by atoms with Gasteiger partial charge < -0.3 is 36.8 Å². The first-order valence-electron chi connectivity index (χ1n) is 14.8. The standard InChI is InChI=1S/C28H45N5O6/c1-14(34)22(29)27(39)33-8-4-6-20(33)26(38)32-7-3-5-19(32)25(37)31-23(15(2)35)24(36)21-18-10-16-9-17(11-18)13-28(21,30)12-16/h14-23,34-35H,3-13,29-30H2,1-2H3,(H,31,37)/t14-,15-,16?,17?,18?,19+,20+,21?,22+,23+,28?/m1/s1. The van der Waals surface area contributed by atoms with Crippen molar-refractivity contribution in [1.82, 2.24) is 15.1 Å². The highest BCUT2D eigenvalue weighted by molar-refractivity contribution is 5.97. The lowest BCUT2D eigenvalue weighted by Gasteiger charge is -2.59. The van der Waals surface area contributed by atoms with E-state index in [1.165, 1.54) is 30.1 Å². The highest BCUT2D eigenvalue weighted by Crippen LogP contribution is 2.58. The number of hydrogen-bond donors (Lipinski definition) is 5. The van der Waals surface area contributed by atoms with E-state index in [-0.39, 0.29) is 23.5 Å². The van der Waals surface area contributed by atoms with Gasteiger partial charge in [0.15, 0.2) is 5.78 Å². The Morgan fingerprint density at radius 3 is 2.05 bits per heavy atom. The maximum absolute atomic E-state index is 13.9. The molecule has 3 amide bonds. The summed E-state index contributed by atoms with van der Waals surface area (Å²) in [6.45, 7) is 3.67. The molecule has 0 aromatic carbocycles. The van der Waals surface area contributed by atoms with Crippen molar-refractivity contribution in [2.24, 2.45) is 35.1 Å². The summed E-state index contributed by atoms with van der Waals surface area (Å²) in [6, 6.07) is -3.74. The average Bonchev–Trinajstić information content (AvgIpc) is 3.54. The van der Waals surface area contributed by atoms with Gasteiger partial charge in [-0.1, -0.05) is 0 Å². The average molecular weight is 548 g/mol.